The summed E-state index contributed by atoms with van der Waals surface area (Å²) >= 11 is 0. The molecular weight excluding hydrogens is 403 g/mol. The van der Waals surface area contributed by atoms with Crippen molar-refractivity contribution >= 4 is 16.8 Å². The molecule has 9 heteroatoms. The molecule has 0 spiro atoms. The number of benzene rings is 2. The average Bonchev–Trinajstić information content (AvgIpc) is 3.40. The Morgan fingerprint density at radius 2 is 1.94 bits per heavy atom. The van der Waals surface area contributed by atoms with E-state index in [0.717, 1.165) is 5.56 Å². The summed E-state index contributed by atoms with van der Waals surface area (Å²) in [5.41, 5.74) is 2.98. The molecule has 4 rings (SSSR count). The van der Waals surface area contributed by atoms with Gasteiger partial charge in [0.25, 0.3) is 5.91 Å². The van der Waals surface area contributed by atoms with Crippen molar-refractivity contribution in [2.75, 3.05) is 34.4 Å². The molecule has 0 saturated carbocycles. The van der Waals surface area contributed by atoms with Crippen LogP contribution in [0, 0.1) is 5.82 Å². The van der Waals surface area contributed by atoms with E-state index in [2.05, 4.69) is 15.4 Å². The molecule has 2 aromatic carbocycles. The van der Waals surface area contributed by atoms with Gasteiger partial charge in [0.1, 0.15) is 18.0 Å². The van der Waals surface area contributed by atoms with Crippen molar-refractivity contribution in [3.63, 3.8) is 0 Å². The fourth-order valence-electron chi connectivity index (χ4n) is 3.12. The molecule has 0 aliphatic rings. The monoisotopic (exact) mass is 424 g/mol. The number of methoxy groups -OCH3 is 1. The van der Waals surface area contributed by atoms with Crippen molar-refractivity contribution in [2.24, 2.45) is 0 Å². The molecule has 2 heterocycles. The number of rotatable bonds is 7. The SMILES string of the molecule is COCCOc1cc2[nH]nc(-c3cc(-c4ccc(C(=O)N(C)C)cc4)no3)c2cc1F. The highest BCUT2D eigenvalue weighted by Crippen LogP contribution is 2.33. The maximum atomic E-state index is 14.5. The zero-order valence-electron chi connectivity index (χ0n) is 17.3. The molecule has 0 aliphatic carbocycles. The van der Waals surface area contributed by atoms with Crippen molar-refractivity contribution in [3.8, 4) is 28.5 Å². The van der Waals surface area contributed by atoms with Crippen molar-refractivity contribution in [2.45, 2.75) is 0 Å². The number of fused-ring (bicyclic) bond motifs is 1. The number of ether oxygens (including phenoxy) is 2. The summed E-state index contributed by atoms with van der Waals surface area (Å²) in [7, 11) is 4.95. The van der Waals surface area contributed by atoms with Crippen LogP contribution in [0.1, 0.15) is 10.4 Å². The predicted octanol–water partition coefficient (Wildman–Crippen LogP) is 3.75. The van der Waals surface area contributed by atoms with E-state index in [9.17, 15) is 9.18 Å². The lowest BCUT2D eigenvalue weighted by Gasteiger charge is -2.09. The molecule has 0 bridgehead atoms. The van der Waals surface area contributed by atoms with Gasteiger partial charge in [0.2, 0.25) is 0 Å². The molecule has 1 N–H and O–H groups in total. The van der Waals surface area contributed by atoms with Gasteiger partial charge in [-0.2, -0.15) is 5.10 Å². The van der Waals surface area contributed by atoms with E-state index in [1.807, 2.05) is 0 Å². The molecule has 160 valence electrons. The number of aromatic amines is 1. The molecule has 2 aromatic heterocycles. The van der Waals surface area contributed by atoms with Crippen LogP contribution in [0.5, 0.6) is 5.75 Å². The zero-order valence-corrected chi connectivity index (χ0v) is 17.3. The smallest absolute Gasteiger partial charge is 0.253 e. The molecule has 31 heavy (non-hydrogen) atoms. The van der Waals surface area contributed by atoms with Crippen LogP contribution in [0.4, 0.5) is 4.39 Å². The highest BCUT2D eigenvalue weighted by molar-refractivity contribution is 5.95. The first-order chi connectivity index (χ1) is 15.0. The van der Waals surface area contributed by atoms with E-state index in [-0.39, 0.29) is 18.3 Å². The number of carbonyl (C=O) groups excluding carboxylic acids is 1. The Kier molecular flexibility index (Phi) is 5.68. The summed E-state index contributed by atoms with van der Waals surface area (Å²) < 4.78 is 30.2. The second-order valence-electron chi connectivity index (χ2n) is 7.10. The number of nitrogens with zero attached hydrogens (tertiary/aromatic N) is 3. The van der Waals surface area contributed by atoms with Gasteiger partial charge in [-0.1, -0.05) is 17.3 Å². The molecule has 0 radical (unpaired) electrons. The molecule has 1 amide bonds. The van der Waals surface area contributed by atoms with Gasteiger partial charge in [-0.25, -0.2) is 4.39 Å². The van der Waals surface area contributed by atoms with Crippen LogP contribution < -0.4 is 4.74 Å². The van der Waals surface area contributed by atoms with E-state index >= 15 is 0 Å². The minimum absolute atomic E-state index is 0.0806. The number of H-pyrrole nitrogens is 1. The number of aromatic nitrogens is 3. The Labute approximate surface area is 177 Å². The molecule has 8 nitrogen and oxygen atoms in total. The Morgan fingerprint density at radius 1 is 1.16 bits per heavy atom. The van der Waals surface area contributed by atoms with Crippen LogP contribution in [0.15, 0.2) is 47.0 Å². The largest absolute Gasteiger partial charge is 0.488 e. The van der Waals surface area contributed by atoms with E-state index in [0.29, 0.717) is 40.2 Å². The number of hydrogen-bond donors (Lipinski definition) is 1. The third-order valence-corrected chi connectivity index (χ3v) is 4.74. The first-order valence-electron chi connectivity index (χ1n) is 9.56. The number of amides is 1. The molecular formula is C22H21FN4O4. The number of nitrogens with one attached hydrogen (secondary N) is 1. The quantitative estimate of drug-likeness (QED) is 0.454. The highest BCUT2D eigenvalue weighted by atomic mass is 19.1. The molecule has 0 saturated heterocycles. The Hall–Kier alpha value is -3.72. The topological polar surface area (TPSA) is 93.5 Å². The highest BCUT2D eigenvalue weighted by Gasteiger charge is 2.18. The summed E-state index contributed by atoms with van der Waals surface area (Å²) in [5.74, 6) is -0.0809. The van der Waals surface area contributed by atoms with E-state index in [1.165, 1.54) is 11.0 Å². The third kappa shape index (κ3) is 4.13. The van der Waals surface area contributed by atoms with E-state index < -0.39 is 5.82 Å². The fraction of sp³-hybridized carbons (Fsp3) is 0.227. The second kappa shape index (κ2) is 8.57. The number of halogens is 1. The third-order valence-electron chi connectivity index (χ3n) is 4.74. The van der Waals surface area contributed by atoms with Crippen molar-refractivity contribution in [3.05, 3.63) is 53.8 Å². The van der Waals surface area contributed by atoms with Gasteiger partial charge in [-0.15, -0.1) is 0 Å². The maximum Gasteiger partial charge on any atom is 0.253 e. The first kappa shape index (κ1) is 20.5. The fourth-order valence-corrected chi connectivity index (χ4v) is 3.12. The Balaban J connectivity index is 1.60. The summed E-state index contributed by atoms with van der Waals surface area (Å²) in [4.78, 5) is 13.5. The molecule has 4 aromatic rings. The minimum Gasteiger partial charge on any atom is -0.488 e. The van der Waals surface area contributed by atoms with Gasteiger partial charge < -0.3 is 18.9 Å². The number of carbonyl (C=O) groups is 1. The maximum absolute atomic E-state index is 14.5. The molecule has 0 fully saturated rings. The van der Waals surface area contributed by atoms with Gasteiger partial charge in [0, 0.05) is 49.9 Å². The molecule has 0 aliphatic heterocycles. The minimum atomic E-state index is -0.507. The van der Waals surface area contributed by atoms with Gasteiger partial charge in [0.05, 0.1) is 12.1 Å². The Morgan fingerprint density at radius 3 is 2.65 bits per heavy atom. The summed E-state index contributed by atoms with van der Waals surface area (Å²) in [6.07, 6.45) is 0. The van der Waals surface area contributed by atoms with Crippen molar-refractivity contribution in [1.82, 2.24) is 20.3 Å². The lowest BCUT2D eigenvalue weighted by atomic mass is 10.1. The van der Waals surface area contributed by atoms with Crippen LogP contribution >= 0.6 is 0 Å². The standard InChI is InChI=1S/C22H21FN4O4/c1-27(2)22(28)14-6-4-13(5-7-14)17-11-20(31-26-17)21-15-10-16(23)19(30-9-8-29-3)12-18(15)24-25-21/h4-7,10-12H,8-9H2,1-3H3,(H,24,25). The summed E-state index contributed by atoms with van der Waals surface area (Å²) in [6, 6.07) is 11.7. The van der Waals surface area contributed by atoms with Crippen molar-refractivity contribution in [1.29, 1.82) is 0 Å². The summed E-state index contributed by atoms with van der Waals surface area (Å²) in [5, 5.41) is 11.8. The zero-order chi connectivity index (χ0) is 22.0. The van der Waals surface area contributed by atoms with Crippen LogP contribution in [-0.4, -0.2) is 60.6 Å². The molecule has 0 unspecified atom stereocenters. The van der Waals surface area contributed by atoms with Crippen LogP contribution in [0.2, 0.25) is 0 Å². The summed E-state index contributed by atoms with van der Waals surface area (Å²) in [6.45, 7) is 0.598. The predicted molar refractivity (Wildman–Crippen MR) is 112 cm³/mol. The Bertz CT molecular complexity index is 1210. The van der Waals surface area contributed by atoms with Crippen LogP contribution in [0.3, 0.4) is 0 Å². The van der Waals surface area contributed by atoms with Crippen molar-refractivity contribution < 1.29 is 23.2 Å². The second-order valence-corrected chi connectivity index (χ2v) is 7.10. The van der Waals surface area contributed by atoms with E-state index in [4.69, 9.17) is 14.0 Å². The van der Waals surface area contributed by atoms with Gasteiger partial charge in [-0.05, 0) is 18.2 Å². The first-order valence-corrected chi connectivity index (χ1v) is 9.56. The van der Waals surface area contributed by atoms with Crippen LogP contribution in [0.25, 0.3) is 33.6 Å². The van der Waals surface area contributed by atoms with Gasteiger partial charge in [0.15, 0.2) is 17.3 Å². The normalized spacial score (nSPS) is 11.1. The average molecular weight is 424 g/mol. The van der Waals surface area contributed by atoms with E-state index in [1.54, 1.807) is 57.6 Å². The van der Waals surface area contributed by atoms with Gasteiger partial charge >= 0.3 is 0 Å². The molecule has 0 atom stereocenters. The van der Waals surface area contributed by atoms with Crippen LogP contribution in [-0.2, 0) is 4.74 Å². The number of hydrogen-bond acceptors (Lipinski definition) is 6. The lowest BCUT2D eigenvalue weighted by Crippen LogP contribution is -2.21. The van der Waals surface area contributed by atoms with Gasteiger partial charge in [-0.3, -0.25) is 9.89 Å². The lowest BCUT2D eigenvalue weighted by molar-refractivity contribution is 0.0827.